The molecule has 8 heteroatoms. The Labute approximate surface area is 133 Å². The Kier molecular flexibility index (Phi) is 4.97. The molecule has 0 saturated heterocycles. The lowest BCUT2D eigenvalue weighted by Crippen LogP contribution is -2.20. The molecule has 0 fully saturated rings. The maximum absolute atomic E-state index is 12.2. The fraction of sp³-hybridized carbons (Fsp3) is 0.214. The highest BCUT2D eigenvalue weighted by molar-refractivity contribution is 7.14. The standard InChI is InChI=1S/C14H11ClF3NO2S/c1-8-2-5-12(22-8)13(20)19-10-6-9(15)3-4-11(10)21-7-14(16,17)18/h2-6H,7H2,1H3,(H,19,20). The number of anilines is 1. The van der Waals surface area contributed by atoms with Crippen LogP contribution in [0.5, 0.6) is 5.75 Å². The minimum atomic E-state index is -4.47. The molecule has 0 aliphatic carbocycles. The normalized spacial score (nSPS) is 11.3. The monoisotopic (exact) mass is 349 g/mol. The number of rotatable bonds is 4. The van der Waals surface area contributed by atoms with Crippen LogP contribution in [0.2, 0.25) is 5.02 Å². The Morgan fingerprint density at radius 1 is 1.32 bits per heavy atom. The number of amides is 1. The average Bonchev–Trinajstić information content (AvgIpc) is 2.83. The van der Waals surface area contributed by atoms with Gasteiger partial charge in [0.25, 0.3) is 5.91 Å². The fourth-order valence-electron chi connectivity index (χ4n) is 1.63. The number of alkyl halides is 3. The van der Waals surface area contributed by atoms with Crippen LogP contribution in [-0.2, 0) is 0 Å². The van der Waals surface area contributed by atoms with Crippen LogP contribution >= 0.6 is 22.9 Å². The van der Waals surface area contributed by atoms with Gasteiger partial charge in [0.15, 0.2) is 6.61 Å². The molecule has 1 heterocycles. The van der Waals surface area contributed by atoms with Crippen molar-refractivity contribution in [1.29, 1.82) is 0 Å². The second kappa shape index (κ2) is 6.58. The van der Waals surface area contributed by atoms with Crippen molar-refractivity contribution in [3.63, 3.8) is 0 Å². The predicted molar refractivity (Wildman–Crippen MR) is 80.0 cm³/mol. The molecule has 0 bridgehead atoms. The van der Waals surface area contributed by atoms with Gasteiger partial charge in [-0.3, -0.25) is 4.79 Å². The van der Waals surface area contributed by atoms with Gasteiger partial charge in [0.1, 0.15) is 5.75 Å². The first kappa shape index (κ1) is 16.6. The van der Waals surface area contributed by atoms with Gasteiger partial charge in [-0.25, -0.2) is 0 Å². The van der Waals surface area contributed by atoms with Gasteiger partial charge in [0.05, 0.1) is 10.6 Å². The molecular weight excluding hydrogens is 339 g/mol. The summed E-state index contributed by atoms with van der Waals surface area (Å²) in [6, 6.07) is 7.42. The van der Waals surface area contributed by atoms with Gasteiger partial charge in [-0.05, 0) is 37.3 Å². The van der Waals surface area contributed by atoms with Crippen LogP contribution in [0.3, 0.4) is 0 Å². The second-order valence-electron chi connectivity index (χ2n) is 4.41. The molecule has 1 amide bonds. The molecule has 0 radical (unpaired) electrons. The maximum Gasteiger partial charge on any atom is 0.422 e. The van der Waals surface area contributed by atoms with Crippen molar-refractivity contribution in [3.8, 4) is 5.75 Å². The van der Waals surface area contributed by atoms with E-state index in [0.717, 1.165) is 4.88 Å². The highest BCUT2D eigenvalue weighted by Gasteiger charge is 2.29. The number of hydrogen-bond acceptors (Lipinski definition) is 3. The molecule has 1 aromatic heterocycles. The van der Waals surface area contributed by atoms with Crippen LogP contribution in [-0.4, -0.2) is 18.7 Å². The van der Waals surface area contributed by atoms with Crippen molar-refractivity contribution in [2.75, 3.05) is 11.9 Å². The molecular formula is C14H11ClF3NO2S. The minimum absolute atomic E-state index is 0.0906. The lowest BCUT2D eigenvalue weighted by Gasteiger charge is -2.14. The molecule has 0 aliphatic rings. The first-order chi connectivity index (χ1) is 10.2. The second-order valence-corrected chi connectivity index (χ2v) is 6.13. The molecule has 0 saturated carbocycles. The summed E-state index contributed by atoms with van der Waals surface area (Å²) in [5.74, 6) is -0.527. The number of thiophene rings is 1. The van der Waals surface area contributed by atoms with E-state index in [1.165, 1.54) is 29.5 Å². The molecule has 0 atom stereocenters. The Morgan fingerprint density at radius 2 is 2.05 bits per heavy atom. The molecule has 2 aromatic rings. The highest BCUT2D eigenvalue weighted by atomic mass is 35.5. The van der Waals surface area contributed by atoms with E-state index in [2.05, 4.69) is 5.32 Å². The van der Waals surface area contributed by atoms with Crippen LogP contribution in [0, 0.1) is 6.92 Å². The summed E-state index contributed by atoms with van der Waals surface area (Å²) in [6.07, 6.45) is -4.47. The number of benzene rings is 1. The molecule has 0 aliphatic heterocycles. The van der Waals surface area contributed by atoms with Crippen molar-refractivity contribution >= 4 is 34.5 Å². The zero-order valence-corrected chi connectivity index (χ0v) is 12.9. The highest BCUT2D eigenvalue weighted by Crippen LogP contribution is 2.30. The van der Waals surface area contributed by atoms with Crippen molar-refractivity contribution in [2.24, 2.45) is 0 Å². The first-order valence-corrected chi connectivity index (χ1v) is 7.31. The zero-order valence-electron chi connectivity index (χ0n) is 11.3. The van der Waals surface area contributed by atoms with Gasteiger partial charge in [-0.2, -0.15) is 13.2 Å². The lowest BCUT2D eigenvalue weighted by molar-refractivity contribution is -0.153. The van der Waals surface area contributed by atoms with Gasteiger partial charge in [-0.1, -0.05) is 11.6 Å². The number of carbonyl (C=O) groups excluding carboxylic acids is 1. The van der Waals surface area contributed by atoms with Gasteiger partial charge < -0.3 is 10.1 Å². The van der Waals surface area contributed by atoms with E-state index in [1.807, 2.05) is 6.92 Å². The Bertz CT molecular complexity index is 685. The van der Waals surface area contributed by atoms with E-state index < -0.39 is 18.7 Å². The Morgan fingerprint density at radius 3 is 2.64 bits per heavy atom. The van der Waals surface area contributed by atoms with Crippen LogP contribution in [0.1, 0.15) is 14.5 Å². The lowest BCUT2D eigenvalue weighted by atomic mass is 10.3. The predicted octanol–water partition coefficient (Wildman–Crippen LogP) is 4.90. The molecule has 1 aromatic carbocycles. The van der Waals surface area contributed by atoms with E-state index in [9.17, 15) is 18.0 Å². The third-order valence-corrected chi connectivity index (χ3v) is 3.78. The van der Waals surface area contributed by atoms with E-state index in [-0.39, 0.29) is 16.5 Å². The third kappa shape index (κ3) is 4.64. The Balaban J connectivity index is 2.18. The minimum Gasteiger partial charge on any atom is -0.482 e. The maximum atomic E-state index is 12.2. The van der Waals surface area contributed by atoms with Crippen molar-refractivity contribution in [2.45, 2.75) is 13.1 Å². The summed E-state index contributed by atoms with van der Waals surface area (Å²) in [5.41, 5.74) is 0.0906. The number of ether oxygens (including phenoxy) is 1. The van der Waals surface area contributed by atoms with E-state index in [1.54, 1.807) is 12.1 Å². The third-order valence-electron chi connectivity index (χ3n) is 2.55. The van der Waals surface area contributed by atoms with Gasteiger partial charge in [0, 0.05) is 9.90 Å². The molecule has 22 heavy (non-hydrogen) atoms. The number of carbonyl (C=O) groups is 1. The first-order valence-electron chi connectivity index (χ1n) is 6.11. The van der Waals surface area contributed by atoms with E-state index in [4.69, 9.17) is 16.3 Å². The molecule has 0 unspecified atom stereocenters. The van der Waals surface area contributed by atoms with E-state index >= 15 is 0 Å². The van der Waals surface area contributed by atoms with Gasteiger partial charge in [-0.15, -0.1) is 11.3 Å². The number of hydrogen-bond donors (Lipinski definition) is 1. The van der Waals surface area contributed by atoms with Crippen molar-refractivity contribution < 1.29 is 22.7 Å². The topological polar surface area (TPSA) is 38.3 Å². The van der Waals surface area contributed by atoms with Crippen molar-refractivity contribution in [1.82, 2.24) is 0 Å². The SMILES string of the molecule is Cc1ccc(C(=O)Nc2cc(Cl)ccc2OCC(F)(F)F)s1. The largest absolute Gasteiger partial charge is 0.482 e. The van der Waals surface area contributed by atoms with Crippen LogP contribution in [0.25, 0.3) is 0 Å². The summed E-state index contributed by atoms with van der Waals surface area (Å²) in [5, 5.41) is 2.79. The van der Waals surface area contributed by atoms with Crippen LogP contribution in [0.4, 0.5) is 18.9 Å². The van der Waals surface area contributed by atoms with Gasteiger partial charge >= 0.3 is 6.18 Å². The summed E-state index contributed by atoms with van der Waals surface area (Å²) in [6.45, 7) is 0.397. The molecule has 2 rings (SSSR count). The quantitative estimate of drug-likeness (QED) is 0.852. The average molecular weight is 350 g/mol. The molecule has 0 spiro atoms. The van der Waals surface area contributed by atoms with Gasteiger partial charge in [0.2, 0.25) is 0 Å². The smallest absolute Gasteiger partial charge is 0.422 e. The number of halogens is 4. The summed E-state index contributed by atoms with van der Waals surface area (Å²) in [7, 11) is 0. The van der Waals surface area contributed by atoms with Crippen LogP contribution < -0.4 is 10.1 Å². The summed E-state index contributed by atoms with van der Waals surface area (Å²) < 4.78 is 41.4. The fourth-order valence-corrected chi connectivity index (χ4v) is 2.56. The number of nitrogens with one attached hydrogen (secondary N) is 1. The Hall–Kier alpha value is -1.73. The van der Waals surface area contributed by atoms with E-state index in [0.29, 0.717) is 4.88 Å². The summed E-state index contributed by atoms with van der Waals surface area (Å²) in [4.78, 5) is 13.5. The number of aryl methyl sites for hydroxylation is 1. The summed E-state index contributed by atoms with van der Waals surface area (Å²) >= 11 is 7.09. The molecule has 118 valence electrons. The zero-order chi connectivity index (χ0) is 16.3. The van der Waals surface area contributed by atoms with Crippen LogP contribution in [0.15, 0.2) is 30.3 Å². The molecule has 3 nitrogen and oxygen atoms in total. The molecule has 1 N–H and O–H groups in total. The van der Waals surface area contributed by atoms with Crippen molar-refractivity contribution in [3.05, 3.63) is 45.1 Å².